The fourth-order valence-corrected chi connectivity index (χ4v) is 2.48. The number of nitrogens with two attached hydrogens (primary N) is 1. The Morgan fingerprint density at radius 1 is 1.35 bits per heavy atom. The number of nitrogens with one attached hydrogen (secondary N) is 1. The molecule has 0 aliphatic carbocycles. The number of nitrogens with zero attached hydrogens (tertiary/aromatic N) is 2. The van der Waals surface area contributed by atoms with Gasteiger partial charge in [-0.3, -0.25) is 0 Å². The molecule has 0 spiro atoms. The van der Waals surface area contributed by atoms with Crippen LogP contribution in [0.25, 0.3) is 0 Å². The van der Waals surface area contributed by atoms with Gasteiger partial charge in [0.25, 0.3) is 0 Å². The maximum absolute atomic E-state index is 5.87. The number of aromatic nitrogens is 1. The van der Waals surface area contributed by atoms with Gasteiger partial charge in [0.15, 0.2) is 5.96 Å². The van der Waals surface area contributed by atoms with Crippen molar-refractivity contribution >= 4 is 23.0 Å². The van der Waals surface area contributed by atoms with Crippen molar-refractivity contribution in [2.24, 2.45) is 10.7 Å². The van der Waals surface area contributed by atoms with E-state index in [0.29, 0.717) is 18.4 Å². The van der Waals surface area contributed by atoms with E-state index in [1.54, 1.807) is 11.3 Å². The van der Waals surface area contributed by atoms with E-state index in [9.17, 15) is 0 Å². The lowest BCUT2D eigenvalue weighted by Crippen LogP contribution is -2.22. The van der Waals surface area contributed by atoms with Crippen LogP contribution < -0.4 is 11.1 Å². The van der Waals surface area contributed by atoms with Crippen LogP contribution in [0.3, 0.4) is 0 Å². The Morgan fingerprint density at radius 2 is 2.05 bits per heavy atom. The van der Waals surface area contributed by atoms with Crippen molar-refractivity contribution in [3.63, 3.8) is 0 Å². The summed E-state index contributed by atoms with van der Waals surface area (Å²) in [5.41, 5.74) is 9.00. The van der Waals surface area contributed by atoms with Crippen LogP contribution in [-0.4, -0.2) is 10.9 Å². The minimum atomic E-state index is 0.410. The molecule has 4 nitrogen and oxygen atoms in total. The number of benzene rings is 1. The van der Waals surface area contributed by atoms with E-state index in [-0.39, 0.29) is 0 Å². The number of anilines is 1. The molecule has 3 N–H and O–H groups in total. The van der Waals surface area contributed by atoms with E-state index >= 15 is 0 Å². The van der Waals surface area contributed by atoms with Crippen molar-refractivity contribution in [3.8, 4) is 0 Å². The Balaban J connectivity index is 1.94. The second-order valence-electron chi connectivity index (χ2n) is 5.02. The monoisotopic (exact) mass is 288 g/mol. The van der Waals surface area contributed by atoms with Crippen LogP contribution in [0.4, 0.5) is 5.69 Å². The maximum Gasteiger partial charge on any atom is 0.193 e. The predicted octanol–water partition coefficient (Wildman–Crippen LogP) is 3.50. The summed E-state index contributed by atoms with van der Waals surface area (Å²) in [5, 5.41) is 6.25. The van der Waals surface area contributed by atoms with Crippen LogP contribution in [-0.2, 0) is 6.54 Å². The second-order valence-corrected chi connectivity index (χ2v) is 5.91. The number of rotatable bonds is 4. The molecule has 0 fully saturated rings. The second kappa shape index (κ2) is 6.52. The number of aryl methyl sites for hydroxylation is 1. The summed E-state index contributed by atoms with van der Waals surface area (Å²) >= 11 is 1.67. The third-order valence-corrected chi connectivity index (χ3v) is 3.99. The Hall–Kier alpha value is -1.88. The summed E-state index contributed by atoms with van der Waals surface area (Å²) in [7, 11) is 0. The first-order valence-electron chi connectivity index (χ1n) is 6.62. The van der Waals surface area contributed by atoms with Gasteiger partial charge in [-0.1, -0.05) is 31.5 Å². The Morgan fingerprint density at radius 3 is 2.65 bits per heavy atom. The van der Waals surface area contributed by atoms with E-state index in [2.05, 4.69) is 36.1 Å². The molecule has 1 heterocycles. The van der Waals surface area contributed by atoms with Gasteiger partial charge in [0.05, 0.1) is 17.2 Å². The molecule has 0 saturated heterocycles. The van der Waals surface area contributed by atoms with Gasteiger partial charge in [0.1, 0.15) is 0 Å². The normalized spacial score (nSPS) is 11.9. The summed E-state index contributed by atoms with van der Waals surface area (Å²) in [5.74, 6) is 0.869. The first-order chi connectivity index (χ1) is 9.54. The molecule has 20 heavy (non-hydrogen) atoms. The number of hydrogen-bond donors (Lipinski definition) is 2. The molecule has 0 aliphatic heterocycles. The average molecular weight is 288 g/mol. The standard InChI is InChI=1S/C15H20N4S/c1-10(2)14-18-13(9-20-14)8-17-15(16)19-12-6-4-11(3)5-7-12/h4-7,9-10H,8H2,1-3H3,(H3,16,17,19). The molecule has 0 saturated carbocycles. The molecule has 0 bridgehead atoms. The van der Waals surface area contributed by atoms with E-state index in [1.165, 1.54) is 5.56 Å². The minimum absolute atomic E-state index is 0.410. The largest absolute Gasteiger partial charge is 0.370 e. The summed E-state index contributed by atoms with van der Waals surface area (Å²) in [4.78, 5) is 8.84. The highest BCUT2D eigenvalue weighted by Crippen LogP contribution is 2.19. The highest BCUT2D eigenvalue weighted by Gasteiger charge is 2.05. The smallest absolute Gasteiger partial charge is 0.193 e. The summed E-state index contributed by atoms with van der Waals surface area (Å²) < 4.78 is 0. The van der Waals surface area contributed by atoms with Crippen LogP contribution >= 0.6 is 11.3 Å². The van der Waals surface area contributed by atoms with Crippen LogP contribution in [0.1, 0.15) is 36.0 Å². The fourth-order valence-electron chi connectivity index (χ4n) is 1.65. The van der Waals surface area contributed by atoms with Gasteiger partial charge in [-0.05, 0) is 19.1 Å². The quantitative estimate of drug-likeness (QED) is 0.668. The van der Waals surface area contributed by atoms with E-state index in [4.69, 9.17) is 5.73 Å². The molecular weight excluding hydrogens is 268 g/mol. The number of aliphatic imine (C=N–C) groups is 1. The third-order valence-electron chi connectivity index (χ3n) is 2.80. The van der Waals surface area contributed by atoms with Crippen molar-refractivity contribution < 1.29 is 0 Å². The average Bonchev–Trinajstić information content (AvgIpc) is 2.88. The molecule has 0 radical (unpaired) electrons. The first-order valence-corrected chi connectivity index (χ1v) is 7.50. The number of thiazole rings is 1. The van der Waals surface area contributed by atoms with Gasteiger partial charge >= 0.3 is 0 Å². The zero-order chi connectivity index (χ0) is 14.5. The van der Waals surface area contributed by atoms with Gasteiger partial charge in [-0.2, -0.15) is 0 Å². The molecule has 1 aromatic heterocycles. The lowest BCUT2D eigenvalue weighted by Gasteiger charge is -2.05. The topological polar surface area (TPSA) is 63.3 Å². The maximum atomic E-state index is 5.87. The van der Waals surface area contributed by atoms with Crippen LogP contribution in [0.15, 0.2) is 34.6 Å². The summed E-state index contributed by atoms with van der Waals surface area (Å²) in [6, 6.07) is 8.03. The number of hydrogen-bond acceptors (Lipinski definition) is 3. The Kier molecular flexibility index (Phi) is 4.74. The highest BCUT2D eigenvalue weighted by molar-refractivity contribution is 7.09. The Labute approximate surface area is 123 Å². The van der Waals surface area contributed by atoms with E-state index < -0.39 is 0 Å². The van der Waals surface area contributed by atoms with Gasteiger partial charge in [-0.25, -0.2) is 9.98 Å². The van der Waals surface area contributed by atoms with Crippen LogP contribution in [0.2, 0.25) is 0 Å². The molecule has 1 aromatic carbocycles. The van der Waals surface area contributed by atoms with Crippen molar-refractivity contribution in [3.05, 3.63) is 45.9 Å². The molecule has 0 aliphatic rings. The van der Waals surface area contributed by atoms with E-state index in [1.807, 2.05) is 29.6 Å². The van der Waals surface area contributed by atoms with Crippen molar-refractivity contribution in [2.45, 2.75) is 33.2 Å². The van der Waals surface area contributed by atoms with E-state index in [0.717, 1.165) is 16.4 Å². The summed E-state index contributed by atoms with van der Waals surface area (Å²) in [6.45, 7) is 6.84. The van der Waals surface area contributed by atoms with Crippen LogP contribution in [0.5, 0.6) is 0 Å². The molecule has 106 valence electrons. The molecule has 0 amide bonds. The molecule has 0 atom stereocenters. The fraction of sp³-hybridized carbons (Fsp3) is 0.333. The zero-order valence-electron chi connectivity index (χ0n) is 12.1. The third kappa shape index (κ3) is 4.06. The summed E-state index contributed by atoms with van der Waals surface area (Å²) in [6.07, 6.45) is 0. The predicted molar refractivity (Wildman–Crippen MR) is 86.3 cm³/mol. The number of guanidine groups is 1. The first kappa shape index (κ1) is 14.5. The SMILES string of the molecule is Cc1ccc(NC(N)=NCc2csc(C(C)C)n2)cc1. The molecular formula is C15H20N4S. The van der Waals surface area contributed by atoms with Crippen LogP contribution in [0, 0.1) is 6.92 Å². The van der Waals surface area contributed by atoms with Gasteiger partial charge in [0, 0.05) is 17.0 Å². The molecule has 2 aromatic rings. The highest BCUT2D eigenvalue weighted by atomic mass is 32.1. The van der Waals surface area contributed by atoms with Gasteiger partial charge < -0.3 is 11.1 Å². The van der Waals surface area contributed by atoms with Crippen molar-refractivity contribution in [1.82, 2.24) is 4.98 Å². The molecule has 2 rings (SSSR count). The van der Waals surface area contributed by atoms with Gasteiger partial charge in [-0.15, -0.1) is 11.3 Å². The lowest BCUT2D eigenvalue weighted by atomic mass is 10.2. The van der Waals surface area contributed by atoms with Gasteiger partial charge in [0.2, 0.25) is 0 Å². The van der Waals surface area contributed by atoms with Crippen molar-refractivity contribution in [1.29, 1.82) is 0 Å². The minimum Gasteiger partial charge on any atom is -0.370 e. The lowest BCUT2D eigenvalue weighted by molar-refractivity contribution is 0.837. The van der Waals surface area contributed by atoms with Crippen molar-refractivity contribution in [2.75, 3.05) is 5.32 Å². The zero-order valence-corrected chi connectivity index (χ0v) is 12.9. The molecule has 0 unspecified atom stereocenters. The Bertz CT molecular complexity index is 584. The molecule has 5 heteroatoms.